The lowest BCUT2D eigenvalue weighted by Crippen LogP contribution is -2.39. The second-order valence-electron chi connectivity index (χ2n) is 4.96. The molecular weight excluding hydrogens is 214 g/mol. The molecule has 1 heterocycles. The zero-order valence-corrected chi connectivity index (χ0v) is 9.29. The molecule has 1 amide bonds. The van der Waals surface area contributed by atoms with E-state index < -0.39 is 5.92 Å². The summed E-state index contributed by atoms with van der Waals surface area (Å²) in [6, 6.07) is 0.0639. The molecule has 0 spiro atoms. The minimum Gasteiger partial charge on any atom is -0.341 e. The number of amides is 1. The van der Waals surface area contributed by atoms with Gasteiger partial charge < -0.3 is 10.6 Å². The highest BCUT2D eigenvalue weighted by Crippen LogP contribution is 2.37. The molecule has 2 aliphatic rings. The summed E-state index contributed by atoms with van der Waals surface area (Å²) in [7, 11) is 0. The van der Waals surface area contributed by atoms with Gasteiger partial charge in [0.15, 0.2) is 0 Å². The number of carbonyl (C=O) groups excluding carboxylic acids is 1. The summed E-state index contributed by atoms with van der Waals surface area (Å²) in [6.07, 6.45) is 1.16. The molecule has 3 nitrogen and oxygen atoms in total. The SMILES string of the molecule is N[C@H]1CCN(C(=O)C2CCC(F)(F)CC2)C1. The maximum Gasteiger partial charge on any atom is 0.248 e. The molecule has 2 fully saturated rings. The van der Waals surface area contributed by atoms with E-state index in [4.69, 9.17) is 5.73 Å². The number of rotatable bonds is 1. The fourth-order valence-corrected chi connectivity index (χ4v) is 2.53. The first-order valence-corrected chi connectivity index (χ1v) is 5.90. The third-order valence-electron chi connectivity index (χ3n) is 3.60. The average molecular weight is 232 g/mol. The molecule has 2 rings (SSSR count). The molecule has 16 heavy (non-hydrogen) atoms. The molecule has 0 aromatic heterocycles. The van der Waals surface area contributed by atoms with Crippen molar-refractivity contribution in [2.45, 2.75) is 44.1 Å². The van der Waals surface area contributed by atoms with Crippen LogP contribution >= 0.6 is 0 Å². The summed E-state index contributed by atoms with van der Waals surface area (Å²) < 4.78 is 25.9. The maximum absolute atomic E-state index is 12.9. The highest BCUT2D eigenvalue weighted by atomic mass is 19.3. The summed E-state index contributed by atoms with van der Waals surface area (Å²) in [4.78, 5) is 13.7. The molecular formula is C11H18F2N2O. The predicted molar refractivity (Wildman–Crippen MR) is 56.1 cm³/mol. The number of carbonyl (C=O) groups is 1. The summed E-state index contributed by atoms with van der Waals surface area (Å²) in [5.41, 5.74) is 5.72. The lowest BCUT2D eigenvalue weighted by Gasteiger charge is -2.30. The van der Waals surface area contributed by atoms with E-state index in [0.29, 0.717) is 25.9 Å². The first kappa shape index (κ1) is 11.8. The van der Waals surface area contributed by atoms with Gasteiger partial charge in [-0.1, -0.05) is 0 Å². The molecule has 1 aliphatic heterocycles. The van der Waals surface area contributed by atoms with Crippen molar-refractivity contribution in [3.63, 3.8) is 0 Å². The normalized spacial score (nSPS) is 30.7. The van der Waals surface area contributed by atoms with Crippen LogP contribution < -0.4 is 5.73 Å². The van der Waals surface area contributed by atoms with E-state index >= 15 is 0 Å². The van der Waals surface area contributed by atoms with Gasteiger partial charge in [0.1, 0.15) is 0 Å². The molecule has 92 valence electrons. The monoisotopic (exact) mass is 232 g/mol. The molecule has 1 aliphatic carbocycles. The van der Waals surface area contributed by atoms with Gasteiger partial charge in [-0.15, -0.1) is 0 Å². The van der Waals surface area contributed by atoms with E-state index in [2.05, 4.69) is 0 Å². The smallest absolute Gasteiger partial charge is 0.248 e. The number of hydrogen-bond acceptors (Lipinski definition) is 2. The zero-order chi connectivity index (χ0) is 11.8. The van der Waals surface area contributed by atoms with Crippen LogP contribution in [0.5, 0.6) is 0 Å². The Balaban J connectivity index is 1.87. The number of nitrogens with two attached hydrogens (primary N) is 1. The molecule has 2 N–H and O–H groups in total. The summed E-state index contributed by atoms with van der Waals surface area (Å²) in [6.45, 7) is 1.28. The van der Waals surface area contributed by atoms with Crippen LogP contribution in [0, 0.1) is 5.92 Å². The Morgan fingerprint density at radius 2 is 1.88 bits per heavy atom. The van der Waals surface area contributed by atoms with E-state index in [1.807, 2.05) is 0 Å². The first-order valence-electron chi connectivity index (χ1n) is 5.90. The second kappa shape index (κ2) is 4.28. The average Bonchev–Trinajstić information content (AvgIpc) is 2.64. The van der Waals surface area contributed by atoms with E-state index in [1.54, 1.807) is 4.90 Å². The van der Waals surface area contributed by atoms with Crippen molar-refractivity contribution >= 4 is 5.91 Å². The van der Waals surface area contributed by atoms with Crippen LogP contribution in [0.1, 0.15) is 32.1 Å². The van der Waals surface area contributed by atoms with Gasteiger partial charge in [-0.3, -0.25) is 4.79 Å². The number of hydrogen-bond donors (Lipinski definition) is 1. The van der Waals surface area contributed by atoms with Crippen LogP contribution in [-0.4, -0.2) is 35.9 Å². The first-order chi connectivity index (χ1) is 7.48. The topological polar surface area (TPSA) is 46.3 Å². The summed E-state index contributed by atoms with van der Waals surface area (Å²) >= 11 is 0. The van der Waals surface area contributed by atoms with Gasteiger partial charge in [0, 0.05) is 37.9 Å². The van der Waals surface area contributed by atoms with Crippen LogP contribution in [0.15, 0.2) is 0 Å². The van der Waals surface area contributed by atoms with Gasteiger partial charge in [0.25, 0.3) is 0 Å². The molecule has 0 unspecified atom stereocenters. The number of halogens is 2. The lowest BCUT2D eigenvalue weighted by atomic mass is 9.86. The Hall–Kier alpha value is -0.710. The summed E-state index contributed by atoms with van der Waals surface area (Å²) in [5, 5.41) is 0. The third-order valence-corrected chi connectivity index (χ3v) is 3.60. The number of nitrogens with zero attached hydrogens (tertiary/aromatic N) is 1. The molecule has 0 radical (unpaired) electrons. The van der Waals surface area contributed by atoms with Crippen molar-refractivity contribution in [1.82, 2.24) is 4.90 Å². The van der Waals surface area contributed by atoms with Gasteiger partial charge >= 0.3 is 0 Å². The molecule has 0 bridgehead atoms. The van der Waals surface area contributed by atoms with Gasteiger partial charge in [0.05, 0.1) is 0 Å². The van der Waals surface area contributed by atoms with Crippen molar-refractivity contribution in [1.29, 1.82) is 0 Å². The Bertz CT molecular complexity index is 273. The molecule has 0 aromatic rings. The van der Waals surface area contributed by atoms with E-state index in [-0.39, 0.29) is 30.7 Å². The standard InChI is InChI=1S/C11H18F2N2O/c12-11(13)4-1-8(2-5-11)10(16)15-6-3-9(14)7-15/h8-9H,1-7,14H2/t9-/m0/s1. The molecule has 1 saturated heterocycles. The van der Waals surface area contributed by atoms with E-state index in [0.717, 1.165) is 6.42 Å². The van der Waals surface area contributed by atoms with Gasteiger partial charge in [0.2, 0.25) is 11.8 Å². The van der Waals surface area contributed by atoms with Crippen LogP contribution in [0.2, 0.25) is 0 Å². The molecule has 5 heteroatoms. The largest absolute Gasteiger partial charge is 0.341 e. The highest BCUT2D eigenvalue weighted by Gasteiger charge is 2.39. The van der Waals surface area contributed by atoms with Crippen LogP contribution in [0.25, 0.3) is 0 Å². The Labute approximate surface area is 94.0 Å². The number of alkyl halides is 2. The molecule has 1 saturated carbocycles. The van der Waals surface area contributed by atoms with Crippen molar-refractivity contribution < 1.29 is 13.6 Å². The molecule has 1 atom stereocenters. The van der Waals surface area contributed by atoms with Gasteiger partial charge in [-0.25, -0.2) is 8.78 Å². The quantitative estimate of drug-likeness (QED) is 0.742. The van der Waals surface area contributed by atoms with E-state index in [1.165, 1.54) is 0 Å². The minimum absolute atomic E-state index is 0.0310. The van der Waals surface area contributed by atoms with Crippen LogP contribution in [0.4, 0.5) is 8.78 Å². The second-order valence-corrected chi connectivity index (χ2v) is 4.96. The maximum atomic E-state index is 12.9. The Morgan fingerprint density at radius 3 is 2.38 bits per heavy atom. The van der Waals surface area contributed by atoms with Crippen LogP contribution in [-0.2, 0) is 4.79 Å². The zero-order valence-electron chi connectivity index (χ0n) is 9.29. The van der Waals surface area contributed by atoms with Crippen LogP contribution in [0.3, 0.4) is 0 Å². The minimum atomic E-state index is -2.56. The number of likely N-dealkylation sites (tertiary alicyclic amines) is 1. The van der Waals surface area contributed by atoms with Crippen molar-refractivity contribution in [2.24, 2.45) is 11.7 Å². The molecule has 0 aromatic carbocycles. The fourth-order valence-electron chi connectivity index (χ4n) is 2.53. The fraction of sp³-hybridized carbons (Fsp3) is 0.909. The van der Waals surface area contributed by atoms with Gasteiger partial charge in [-0.2, -0.15) is 0 Å². The van der Waals surface area contributed by atoms with Crippen molar-refractivity contribution in [3.05, 3.63) is 0 Å². The highest BCUT2D eigenvalue weighted by molar-refractivity contribution is 5.79. The predicted octanol–water partition coefficient (Wildman–Crippen LogP) is 1.37. The summed E-state index contributed by atoms with van der Waals surface area (Å²) in [5.74, 6) is -2.73. The van der Waals surface area contributed by atoms with Gasteiger partial charge in [-0.05, 0) is 19.3 Å². The Kier molecular flexibility index (Phi) is 3.15. The van der Waals surface area contributed by atoms with Crippen molar-refractivity contribution in [2.75, 3.05) is 13.1 Å². The van der Waals surface area contributed by atoms with E-state index in [9.17, 15) is 13.6 Å². The third kappa shape index (κ3) is 2.51. The van der Waals surface area contributed by atoms with Crippen molar-refractivity contribution in [3.8, 4) is 0 Å². The lowest BCUT2D eigenvalue weighted by molar-refractivity contribution is -0.138. The Morgan fingerprint density at radius 1 is 1.25 bits per heavy atom.